The van der Waals surface area contributed by atoms with E-state index in [1.54, 1.807) is 13.0 Å². The lowest BCUT2D eigenvalue weighted by Crippen LogP contribution is -2.36. The van der Waals surface area contributed by atoms with Gasteiger partial charge in [-0.15, -0.1) is 0 Å². The first kappa shape index (κ1) is 16.8. The van der Waals surface area contributed by atoms with Gasteiger partial charge in [0.05, 0.1) is 6.54 Å². The maximum Gasteiger partial charge on any atom is 0.401 e. The van der Waals surface area contributed by atoms with E-state index < -0.39 is 12.7 Å². The average molecular weight is 290 g/mol. The maximum absolute atomic E-state index is 12.3. The Hall–Kier alpha value is -1.27. The maximum atomic E-state index is 12.3. The Morgan fingerprint density at radius 3 is 2.65 bits per heavy atom. The summed E-state index contributed by atoms with van der Waals surface area (Å²) < 4.78 is 42.4. The molecule has 0 spiro atoms. The molecule has 3 nitrogen and oxygen atoms in total. The van der Waals surface area contributed by atoms with Gasteiger partial charge in [-0.25, -0.2) is 0 Å². The number of halogens is 3. The first-order valence-corrected chi connectivity index (χ1v) is 6.60. The van der Waals surface area contributed by atoms with Crippen molar-refractivity contribution in [1.29, 1.82) is 0 Å². The molecule has 0 aromatic heterocycles. The first-order valence-electron chi connectivity index (χ1n) is 6.60. The van der Waals surface area contributed by atoms with Gasteiger partial charge in [-0.3, -0.25) is 4.90 Å². The third-order valence-corrected chi connectivity index (χ3v) is 2.81. The summed E-state index contributed by atoms with van der Waals surface area (Å²) in [5.41, 5.74) is 1.08. The smallest absolute Gasteiger partial charge is 0.401 e. The van der Waals surface area contributed by atoms with E-state index in [2.05, 4.69) is 5.32 Å². The normalized spacial score (nSPS) is 11.9. The Morgan fingerprint density at radius 2 is 2.05 bits per heavy atom. The molecule has 0 atom stereocenters. The van der Waals surface area contributed by atoms with E-state index in [0.717, 1.165) is 12.1 Å². The number of nitrogens with one attached hydrogen (secondary N) is 1. The summed E-state index contributed by atoms with van der Waals surface area (Å²) in [5, 5.41) is 3.03. The number of hydrogen-bond donors (Lipinski definition) is 1. The Bertz CT molecular complexity index is 396. The van der Waals surface area contributed by atoms with Gasteiger partial charge in [-0.2, -0.15) is 13.2 Å². The molecule has 0 bridgehead atoms. The van der Waals surface area contributed by atoms with Gasteiger partial charge in [0, 0.05) is 13.1 Å². The van der Waals surface area contributed by atoms with Gasteiger partial charge in [-0.05, 0) is 31.3 Å². The summed E-state index contributed by atoms with van der Waals surface area (Å²) >= 11 is 0. The lowest BCUT2D eigenvalue weighted by atomic mass is 10.2. The van der Waals surface area contributed by atoms with E-state index >= 15 is 0 Å². The monoisotopic (exact) mass is 290 g/mol. The van der Waals surface area contributed by atoms with Crippen LogP contribution >= 0.6 is 0 Å². The van der Waals surface area contributed by atoms with Crippen LogP contribution < -0.4 is 10.1 Å². The zero-order chi connectivity index (χ0) is 15.0. The predicted octanol–water partition coefficient (Wildman–Crippen LogP) is 2.67. The molecule has 1 aromatic rings. The Balaban J connectivity index is 2.40. The number of hydrogen-bond acceptors (Lipinski definition) is 3. The molecule has 1 N–H and O–H groups in total. The van der Waals surface area contributed by atoms with Crippen LogP contribution in [0.25, 0.3) is 0 Å². The number of nitrogens with zero attached hydrogens (tertiary/aromatic N) is 1. The highest BCUT2D eigenvalue weighted by atomic mass is 19.4. The minimum atomic E-state index is -4.16. The second kappa shape index (κ2) is 8.11. The summed E-state index contributed by atoms with van der Waals surface area (Å²) in [4.78, 5) is 1.32. The van der Waals surface area contributed by atoms with E-state index in [9.17, 15) is 13.2 Å². The first-order chi connectivity index (χ1) is 9.44. The fraction of sp³-hybridized carbons (Fsp3) is 0.571. The third kappa shape index (κ3) is 6.77. The largest absolute Gasteiger partial charge is 0.492 e. The van der Waals surface area contributed by atoms with Gasteiger partial charge < -0.3 is 10.1 Å². The van der Waals surface area contributed by atoms with Crippen molar-refractivity contribution in [2.45, 2.75) is 19.6 Å². The van der Waals surface area contributed by atoms with Crippen molar-refractivity contribution < 1.29 is 17.9 Å². The molecule has 0 radical (unpaired) electrons. The highest BCUT2D eigenvalue weighted by Gasteiger charge is 2.29. The van der Waals surface area contributed by atoms with Crippen molar-refractivity contribution in [3.63, 3.8) is 0 Å². The number of rotatable bonds is 8. The predicted molar refractivity (Wildman–Crippen MR) is 72.9 cm³/mol. The van der Waals surface area contributed by atoms with Crippen LogP contribution in [-0.4, -0.2) is 44.4 Å². The molecular weight excluding hydrogens is 269 g/mol. The van der Waals surface area contributed by atoms with Crippen LogP contribution in [0.1, 0.15) is 12.5 Å². The summed E-state index contributed by atoms with van der Waals surface area (Å²) in [6, 6.07) is 7.52. The lowest BCUT2D eigenvalue weighted by molar-refractivity contribution is -0.146. The average Bonchev–Trinajstić information content (AvgIpc) is 2.37. The van der Waals surface area contributed by atoms with E-state index in [4.69, 9.17) is 4.74 Å². The number of likely N-dealkylation sites (N-methyl/N-ethyl adjacent to an activating group) is 1. The van der Waals surface area contributed by atoms with E-state index in [1.165, 1.54) is 4.90 Å². The van der Waals surface area contributed by atoms with E-state index in [1.807, 2.05) is 25.2 Å². The van der Waals surface area contributed by atoms with Crippen LogP contribution in [0.5, 0.6) is 5.75 Å². The van der Waals surface area contributed by atoms with Crippen LogP contribution in [0.2, 0.25) is 0 Å². The standard InChI is InChI=1S/C14H21F3N2O/c1-3-19(11-14(15,16)17)7-8-20-13-6-4-5-12(9-13)10-18-2/h4-6,9,18H,3,7-8,10-11H2,1-2H3. The van der Waals surface area contributed by atoms with E-state index in [-0.39, 0.29) is 13.2 Å². The molecular formula is C14H21F3N2O. The molecule has 0 saturated heterocycles. The zero-order valence-corrected chi connectivity index (χ0v) is 11.8. The second-order valence-electron chi connectivity index (χ2n) is 4.51. The highest BCUT2D eigenvalue weighted by Crippen LogP contribution is 2.17. The molecule has 0 aliphatic rings. The van der Waals surface area contributed by atoms with Crippen molar-refractivity contribution in [2.24, 2.45) is 0 Å². The molecule has 6 heteroatoms. The molecule has 1 rings (SSSR count). The molecule has 114 valence electrons. The van der Waals surface area contributed by atoms with Gasteiger partial charge in [0.25, 0.3) is 0 Å². The summed E-state index contributed by atoms with van der Waals surface area (Å²) in [7, 11) is 1.85. The molecule has 1 aromatic carbocycles. The van der Waals surface area contributed by atoms with Crippen molar-refractivity contribution in [3.8, 4) is 5.75 Å². The Kier molecular flexibility index (Phi) is 6.81. The molecule has 0 unspecified atom stereocenters. The minimum Gasteiger partial charge on any atom is -0.492 e. The van der Waals surface area contributed by atoms with Crippen LogP contribution in [0, 0.1) is 0 Å². The Morgan fingerprint density at radius 1 is 1.30 bits per heavy atom. The molecule has 0 saturated carbocycles. The quantitative estimate of drug-likeness (QED) is 0.796. The lowest BCUT2D eigenvalue weighted by Gasteiger charge is -2.21. The van der Waals surface area contributed by atoms with Crippen molar-refractivity contribution in [1.82, 2.24) is 10.2 Å². The fourth-order valence-electron chi connectivity index (χ4n) is 1.84. The highest BCUT2D eigenvalue weighted by molar-refractivity contribution is 5.28. The SMILES string of the molecule is CCN(CCOc1cccc(CNC)c1)CC(F)(F)F. The van der Waals surface area contributed by atoms with Gasteiger partial charge >= 0.3 is 6.18 Å². The van der Waals surface area contributed by atoms with Gasteiger partial charge in [-0.1, -0.05) is 19.1 Å². The number of benzene rings is 1. The van der Waals surface area contributed by atoms with Crippen LogP contribution in [-0.2, 0) is 6.54 Å². The summed E-state index contributed by atoms with van der Waals surface area (Å²) in [5.74, 6) is 0.681. The van der Waals surface area contributed by atoms with E-state index in [0.29, 0.717) is 12.3 Å². The van der Waals surface area contributed by atoms with Crippen molar-refractivity contribution >= 4 is 0 Å². The molecule has 20 heavy (non-hydrogen) atoms. The molecule has 0 amide bonds. The summed E-state index contributed by atoms with van der Waals surface area (Å²) in [6.07, 6.45) is -4.16. The number of alkyl halides is 3. The Labute approximate surface area is 117 Å². The second-order valence-corrected chi connectivity index (χ2v) is 4.51. The third-order valence-electron chi connectivity index (χ3n) is 2.81. The van der Waals surface area contributed by atoms with Gasteiger partial charge in [0.2, 0.25) is 0 Å². The molecule has 0 aliphatic carbocycles. The van der Waals surface area contributed by atoms with Crippen LogP contribution in [0.4, 0.5) is 13.2 Å². The van der Waals surface area contributed by atoms with Gasteiger partial charge in [0.1, 0.15) is 12.4 Å². The van der Waals surface area contributed by atoms with Crippen molar-refractivity contribution in [2.75, 3.05) is 33.3 Å². The number of ether oxygens (including phenoxy) is 1. The molecule has 0 aliphatic heterocycles. The zero-order valence-electron chi connectivity index (χ0n) is 11.8. The van der Waals surface area contributed by atoms with Crippen molar-refractivity contribution in [3.05, 3.63) is 29.8 Å². The fourth-order valence-corrected chi connectivity index (χ4v) is 1.84. The van der Waals surface area contributed by atoms with Crippen LogP contribution in [0.15, 0.2) is 24.3 Å². The minimum absolute atomic E-state index is 0.243. The van der Waals surface area contributed by atoms with Crippen LogP contribution in [0.3, 0.4) is 0 Å². The molecule has 0 fully saturated rings. The van der Waals surface area contributed by atoms with Gasteiger partial charge in [0.15, 0.2) is 0 Å². The summed E-state index contributed by atoms with van der Waals surface area (Å²) in [6.45, 7) is 2.39. The molecule has 0 heterocycles. The topological polar surface area (TPSA) is 24.5 Å².